The van der Waals surface area contributed by atoms with Crippen molar-refractivity contribution in [2.45, 2.75) is 12.8 Å². The summed E-state index contributed by atoms with van der Waals surface area (Å²) in [5.41, 5.74) is 7.35. The summed E-state index contributed by atoms with van der Waals surface area (Å²) >= 11 is 0. The van der Waals surface area contributed by atoms with Gasteiger partial charge in [-0.05, 0) is 24.1 Å². The molecule has 1 unspecified atom stereocenters. The summed E-state index contributed by atoms with van der Waals surface area (Å²) in [6.45, 7) is 2.39. The number of carbonyl (C=O) groups is 1. The van der Waals surface area contributed by atoms with Crippen LogP contribution in [0.5, 0.6) is 0 Å². The van der Waals surface area contributed by atoms with Gasteiger partial charge in [-0.25, -0.2) is 0 Å². The van der Waals surface area contributed by atoms with Gasteiger partial charge in [0.2, 0.25) is 5.91 Å². The SMILES string of the molecule is CN(CC1CCOC1)C(=O)Cc1ccc(N)cc1. The molecule has 1 fully saturated rings. The van der Waals surface area contributed by atoms with Crippen molar-refractivity contribution in [3.63, 3.8) is 0 Å². The molecule has 1 heterocycles. The van der Waals surface area contributed by atoms with E-state index in [1.54, 1.807) is 4.90 Å². The van der Waals surface area contributed by atoms with E-state index in [1.165, 1.54) is 0 Å². The lowest BCUT2D eigenvalue weighted by Gasteiger charge is -2.20. The highest BCUT2D eigenvalue weighted by atomic mass is 16.5. The predicted octanol–water partition coefficient (Wildman–Crippen LogP) is 1.31. The molecule has 2 N–H and O–H groups in total. The standard InChI is InChI=1S/C14H20N2O2/c1-16(9-12-6-7-18-10-12)14(17)8-11-2-4-13(15)5-3-11/h2-5,12H,6-10,15H2,1H3. The first-order chi connectivity index (χ1) is 8.65. The summed E-state index contributed by atoms with van der Waals surface area (Å²) in [5.74, 6) is 0.636. The molecule has 1 atom stereocenters. The zero-order valence-electron chi connectivity index (χ0n) is 10.8. The van der Waals surface area contributed by atoms with Crippen molar-refractivity contribution in [2.75, 3.05) is 32.5 Å². The van der Waals surface area contributed by atoms with Gasteiger partial charge < -0.3 is 15.4 Å². The van der Waals surface area contributed by atoms with E-state index in [9.17, 15) is 4.79 Å². The van der Waals surface area contributed by atoms with Gasteiger partial charge in [0, 0.05) is 31.8 Å². The average Bonchev–Trinajstić information content (AvgIpc) is 2.85. The Labute approximate surface area is 108 Å². The minimum absolute atomic E-state index is 0.145. The minimum Gasteiger partial charge on any atom is -0.399 e. The van der Waals surface area contributed by atoms with E-state index < -0.39 is 0 Å². The molecule has 1 aliphatic rings. The van der Waals surface area contributed by atoms with Crippen LogP contribution in [0.15, 0.2) is 24.3 Å². The molecule has 1 aromatic rings. The van der Waals surface area contributed by atoms with E-state index in [4.69, 9.17) is 10.5 Å². The van der Waals surface area contributed by atoms with Crippen LogP contribution in [-0.2, 0) is 16.0 Å². The maximum atomic E-state index is 12.0. The number of hydrogen-bond acceptors (Lipinski definition) is 3. The lowest BCUT2D eigenvalue weighted by Crippen LogP contribution is -2.33. The Bertz CT molecular complexity index is 397. The van der Waals surface area contributed by atoms with Gasteiger partial charge in [-0.1, -0.05) is 12.1 Å². The largest absolute Gasteiger partial charge is 0.399 e. The van der Waals surface area contributed by atoms with Crippen molar-refractivity contribution in [3.8, 4) is 0 Å². The highest BCUT2D eigenvalue weighted by Gasteiger charge is 2.19. The number of anilines is 1. The van der Waals surface area contributed by atoms with Gasteiger partial charge in [-0.15, -0.1) is 0 Å². The van der Waals surface area contributed by atoms with Crippen LogP contribution in [0.3, 0.4) is 0 Å². The van der Waals surface area contributed by atoms with Crippen LogP contribution in [0.4, 0.5) is 5.69 Å². The first kappa shape index (κ1) is 12.9. The summed E-state index contributed by atoms with van der Waals surface area (Å²) in [4.78, 5) is 13.8. The Kier molecular flexibility index (Phi) is 4.20. The first-order valence-corrected chi connectivity index (χ1v) is 6.31. The summed E-state index contributed by atoms with van der Waals surface area (Å²) in [5, 5.41) is 0. The maximum absolute atomic E-state index is 12.0. The number of benzene rings is 1. The monoisotopic (exact) mass is 248 g/mol. The third-order valence-corrected chi connectivity index (χ3v) is 3.32. The number of nitrogens with zero attached hydrogens (tertiary/aromatic N) is 1. The van der Waals surface area contributed by atoms with E-state index in [0.29, 0.717) is 12.3 Å². The highest BCUT2D eigenvalue weighted by molar-refractivity contribution is 5.78. The summed E-state index contributed by atoms with van der Waals surface area (Å²) in [6, 6.07) is 7.46. The van der Waals surface area contributed by atoms with Crippen molar-refractivity contribution < 1.29 is 9.53 Å². The Morgan fingerprint density at radius 1 is 1.44 bits per heavy atom. The number of likely N-dealkylation sites (N-methyl/N-ethyl adjacent to an activating group) is 1. The van der Waals surface area contributed by atoms with Crippen molar-refractivity contribution >= 4 is 11.6 Å². The molecule has 0 aliphatic carbocycles. The molecule has 0 spiro atoms. The van der Waals surface area contributed by atoms with Gasteiger partial charge in [0.15, 0.2) is 0 Å². The summed E-state index contributed by atoms with van der Waals surface area (Å²) in [6.07, 6.45) is 1.49. The van der Waals surface area contributed by atoms with Crippen molar-refractivity contribution in [1.82, 2.24) is 4.90 Å². The van der Waals surface area contributed by atoms with Crippen LogP contribution < -0.4 is 5.73 Å². The molecule has 4 heteroatoms. The molecule has 98 valence electrons. The smallest absolute Gasteiger partial charge is 0.226 e. The van der Waals surface area contributed by atoms with Crippen LogP contribution in [-0.4, -0.2) is 37.6 Å². The van der Waals surface area contributed by atoms with Gasteiger partial charge in [0.05, 0.1) is 13.0 Å². The normalized spacial score (nSPS) is 18.8. The van der Waals surface area contributed by atoms with Gasteiger partial charge in [-0.2, -0.15) is 0 Å². The number of amides is 1. The quantitative estimate of drug-likeness (QED) is 0.817. The van der Waals surface area contributed by atoms with Gasteiger partial charge in [0.1, 0.15) is 0 Å². The minimum atomic E-state index is 0.145. The molecule has 1 aliphatic heterocycles. The molecule has 0 bridgehead atoms. The lowest BCUT2D eigenvalue weighted by molar-refractivity contribution is -0.129. The van der Waals surface area contributed by atoms with E-state index in [1.807, 2.05) is 31.3 Å². The molecule has 1 aromatic carbocycles. The highest BCUT2D eigenvalue weighted by Crippen LogP contribution is 2.14. The summed E-state index contributed by atoms with van der Waals surface area (Å²) < 4.78 is 5.32. The molecule has 1 amide bonds. The molecular weight excluding hydrogens is 228 g/mol. The second-order valence-corrected chi connectivity index (χ2v) is 4.92. The second-order valence-electron chi connectivity index (χ2n) is 4.92. The molecule has 2 rings (SSSR count). The van der Waals surface area contributed by atoms with E-state index in [0.717, 1.165) is 37.4 Å². The van der Waals surface area contributed by atoms with Crippen LogP contribution in [0, 0.1) is 5.92 Å². The Morgan fingerprint density at radius 3 is 2.78 bits per heavy atom. The van der Waals surface area contributed by atoms with Gasteiger partial charge >= 0.3 is 0 Å². The number of nitrogens with two attached hydrogens (primary N) is 1. The number of ether oxygens (including phenoxy) is 1. The molecule has 1 saturated heterocycles. The van der Waals surface area contributed by atoms with Gasteiger partial charge in [0.25, 0.3) is 0 Å². The molecule has 0 saturated carbocycles. The molecular formula is C14H20N2O2. The van der Waals surface area contributed by atoms with Crippen LogP contribution in [0.1, 0.15) is 12.0 Å². The predicted molar refractivity (Wildman–Crippen MR) is 71.1 cm³/mol. The third-order valence-electron chi connectivity index (χ3n) is 3.32. The fraction of sp³-hybridized carbons (Fsp3) is 0.500. The number of rotatable bonds is 4. The van der Waals surface area contributed by atoms with E-state index in [-0.39, 0.29) is 5.91 Å². The summed E-state index contributed by atoms with van der Waals surface area (Å²) in [7, 11) is 1.86. The Balaban J connectivity index is 1.84. The fourth-order valence-corrected chi connectivity index (χ4v) is 2.16. The Morgan fingerprint density at radius 2 is 2.17 bits per heavy atom. The third kappa shape index (κ3) is 3.47. The van der Waals surface area contributed by atoms with E-state index in [2.05, 4.69) is 0 Å². The zero-order chi connectivity index (χ0) is 13.0. The lowest BCUT2D eigenvalue weighted by atomic mass is 10.1. The van der Waals surface area contributed by atoms with Crippen LogP contribution in [0.2, 0.25) is 0 Å². The number of carbonyl (C=O) groups excluding carboxylic acids is 1. The molecule has 4 nitrogen and oxygen atoms in total. The second kappa shape index (κ2) is 5.87. The zero-order valence-corrected chi connectivity index (χ0v) is 10.8. The number of hydrogen-bond donors (Lipinski definition) is 1. The molecule has 18 heavy (non-hydrogen) atoms. The first-order valence-electron chi connectivity index (χ1n) is 6.31. The maximum Gasteiger partial charge on any atom is 0.226 e. The van der Waals surface area contributed by atoms with E-state index >= 15 is 0 Å². The van der Waals surface area contributed by atoms with Gasteiger partial charge in [-0.3, -0.25) is 4.79 Å². The molecule has 0 aromatic heterocycles. The van der Waals surface area contributed by atoms with Crippen molar-refractivity contribution in [2.24, 2.45) is 5.92 Å². The number of nitrogen functional groups attached to an aromatic ring is 1. The Hall–Kier alpha value is -1.55. The molecule has 0 radical (unpaired) electrons. The topological polar surface area (TPSA) is 55.6 Å². The van der Waals surface area contributed by atoms with Crippen molar-refractivity contribution in [3.05, 3.63) is 29.8 Å². The average molecular weight is 248 g/mol. The van der Waals surface area contributed by atoms with Crippen LogP contribution in [0.25, 0.3) is 0 Å². The van der Waals surface area contributed by atoms with Crippen molar-refractivity contribution in [1.29, 1.82) is 0 Å². The van der Waals surface area contributed by atoms with Crippen LogP contribution >= 0.6 is 0 Å². The fourth-order valence-electron chi connectivity index (χ4n) is 2.16.